The molecular formula is C14H24N2O. The molecule has 0 aromatic carbocycles. The quantitative estimate of drug-likeness (QED) is 0.704. The SMILES string of the molecule is CC(C(=O)N1CC(C)CC(C)C1C)=C1CNC1. The van der Waals surface area contributed by atoms with Crippen LogP contribution in [0.25, 0.3) is 0 Å². The first-order valence-corrected chi connectivity index (χ1v) is 6.71. The van der Waals surface area contributed by atoms with Gasteiger partial charge in [-0.15, -0.1) is 0 Å². The van der Waals surface area contributed by atoms with Crippen LogP contribution in [0.3, 0.4) is 0 Å². The Kier molecular flexibility index (Phi) is 3.57. The van der Waals surface area contributed by atoms with E-state index in [2.05, 4.69) is 31.0 Å². The molecule has 2 heterocycles. The van der Waals surface area contributed by atoms with Gasteiger partial charge in [0.05, 0.1) is 0 Å². The van der Waals surface area contributed by atoms with Crippen LogP contribution in [-0.2, 0) is 4.79 Å². The molecule has 2 fully saturated rings. The molecule has 0 saturated carbocycles. The van der Waals surface area contributed by atoms with Gasteiger partial charge in [-0.2, -0.15) is 0 Å². The Balaban J connectivity index is 2.12. The average molecular weight is 236 g/mol. The van der Waals surface area contributed by atoms with E-state index in [4.69, 9.17) is 0 Å². The van der Waals surface area contributed by atoms with E-state index in [9.17, 15) is 4.79 Å². The van der Waals surface area contributed by atoms with Gasteiger partial charge in [0, 0.05) is 31.2 Å². The summed E-state index contributed by atoms with van der Waals surface area (Å²) in [5.41, 5.74) is 2.25. The van der Waals surface area contributed by atoms with Gasteiger partial charge in [0.15, 0.2) is 0 Å². The molecule has 2 saturated heterocycles. The van der Waals surface area contributed by atoms with E-state index in [-0.39, 0.29) is 5.91 Å². The summed E-state index contributed by atoms with van der Waals surface area (Å²) in [6.07, 6.45) is 1.24. The van der Waals surface area contributed by atoms with Crippen molar-refractivity contribution in [3.05, 3.63) is 11.1 Å². The number of rotatable bonds is 1. The Hall–Kier alpha value is -0.830. The highest BCUT2D eigenvalue weighted by atomic mass is 16.2. The van der Waals surface area contributed by atoms with E-state index in [0.717, 1.165) is 25.2 Å². The van der Waals surface area contributed by atoms with Gasteiger partial charge in [-0.25, -0.2) is 0 Å². The third-order valence-electron chi connectivity index (χ3n) is 4.39. The molecule has 17 heavy (non-hydrogen) atoms. The molecule has 3 atom stereocenters. The van der Waals surface area contributed by atoms with E-state index in [1.54, 1.807) is 0 Å². The predicted octanol–water partition coefficient (Wildman–Crippen LogP) is 1.80. The molecule has 0 spiro atoms. The first kappa shape index (κ1) is 12.6. The van der Waals surface area contributed by atoms with Crippen LogP contribution < -0.4 is 5.32 Å². The van der Waals surface area contributed by atoms with Crippen molar-refractivity contribution >= 4 is 5.91 Å². The van der Waals surface area contributed by atoms with Crippen molar-refractivity contribution in [3.63, 3.8) is 0 Å². The lowest BCUT2D eigenvalue weighted by atomic mass is 9.85. The van der Waals surface area contributed by atoms with Crippen LogP contribution in [0.5, 0.6) is 0 Å². The first-order valence-electron chi connectivity index (χ1n) is 6.71. The fourth-order valence-corrected chi connectivity index (χ4v) is 2.87. The number of hydrogen-bond acceptors (Lipinski definition) is 2. The Morgan fingerprint density at radius 2 is 1.94 bits per heavy atom. The van der Waals surface area contributed by atoms with Gasteiger partial charge in [-0.3, -0.25) is 4.79 Å². The minimum absolute atomic E-state index is 0.257. The number of likely N-dealkylation sites (tertiary alicyclic amines) is 1. The van der Waals surface area contributed by atoms with Gasteiger partial charge in [0.2, 0.25) is 5.91 Å². The fourth-order valence-electron chi connectivity index (χ4n) is 2.87. The van der Waals surface area contributed by atoms with Crippen molar-refractivity contribution in [3.8, 4) is 0 Å². The van der Waals surface area contributed by atoms with Crippen LogP contribution in [0.1, 0.15) is 34.1 Å². The lowest BCUT2D eigenvalue weighted by Gasteiger charge is -2.41. The molecule has 2 aliphatic rings. The summed E-state index contributed by atoms with van der Waals surface area (Å²) in [6, 6.07) is 0.377. The summed E-state index contributed by atoms with van der Waals surface area (Å²) < 4.78 is 0. The maximum atomic E-state index is 12.5. The molecule has 2 rings (SSSR count). The molecule has 2 aliphatic heterocycles. The van der Waals surface area contributed by atoms with E-state index < -0.39 is 0 Å². The topological polar surface area (TPSA) is 32.3 Å². The number of carbonyl (C=O) groups excluding carboxylic acids is 1. The average Bonchev–Trinajstić information content (AvgIpc) is 2.19. The van der Waals surface area contributed by atoms with Gasteiger partial charge in [-0.05, 0) is 37.7 Å². The van der Waals surface area contributed by atoms with Gasteiger partial charge < -0.3 is 10.2 Å². The Bertz CT molecular complexity index is 342. The summed E-state index contributed by atoms with van der Waals surface area (Å²) in [5.74, 6) is 1.50. The first-order chi connectivity index (χ1) is 8.00. The third-order valence-corrected chi connectivity index (χ3v) is 4.39. The molecule has 0 aromatic heterocycles. The number of hydrogen-bond donors (Lipinski definition) is 1. The zero-order chi connectivity index (χ0) is 12.6. The highest BCUT2D eigenvalue weighted by molar-refractivity contribution is 5.94. The van der Waals surface area contributed by atoms with E-state index in [1.807, 2.05) is 6.92 Å². The van der Waals surface area contributed by atoms with Crippen molar-refractivity contribution in [2.75, 3.05) is 19.6 Å². The lowest BCUT2D eigenvalue weighted by Crippen LogP contribution is -2.50. The van der Waals surface area contributed by atoms with E-state index in [1.165, 1.54) is 12.0 Å². The molecule has 3 heteroatoms. The Morgan fingerprint density at radius 1 is 1.29 bits per heavy atom. The predicted molar refractivity (Wildman–Crippen MR) is 69.7 cm³/mol. The van der Waals surface area contributed by atoms with Gasteiger partial charge in [0.25, 0.3) is 0 Å². The van der Waals surface area contributed by atoms with Crippen molar-refractivity contribution in [2.24, 2.45) is 11.8 Å². The fraction of sp³-hybridized carbons (Fsp3) is 0.786. The van der Waals surface area contributed by atoms with Crippen molar-refractivity contribution in [1.82, 2.24) is 10.2 Å². The van der Waals surface area contributed by atoms with Crippen molar-refractivity contribution < 1.29 is 4.79 Å². The summed E-state index contributed by atoms with van der Waals surface area (Å²) in [4.78, 5) is 14.6. The van der Waals surface area contributed by atoms with Crippen LogP contribution in [0.15, 0.2) is 11.1 Å². The molecule has 1 N–H and O–H groups in total. The highest BCUT2D eigenvalue weighted by Crippen LogP contribution is 2.28. The summed E-state index contributed by atoms with van der Waals surface area (Å²) in [5, 5.41) is 3.20. The second kappa shape index (κ2) is 4.81. The number of nitrogens with zero attached hydrogens (tertiary/aromatic N) is 1. The zero-order valence-corrected chi connectivity index (χ0v) is 11.4. The molecule has 3 unspecified atom stereocenters. The van der Waals surface area contributed by atoms with Gasteiger partial charge in [-0.1, -0.05) is 13.8 Å². The smallest absolute Gasteiger partial charge is 0.249 e. The largest absolute Gasteiger partial charge is 0.336 e. The minimum atomic E-state index is 0.257. The standard InChI is InChI=1S/C14H24N2O/c1-9-5-10(2)12(4)16(8-9)14(17)11(3)13-6-15-7-13/h9-10,12,15H,5-8H2,1-4H3. The second-order valence-corrected chi connectivity index (χ2v) is 5.85. The third kappa shape index (κ3) is 2.39. The van der Waals surface area contributed by atoms with Gasteiger partial charge in [0.1, 0.15) is 0 Å². The maximum absolute atomic E-state index is 12.5. The zero-order valence-electron chi connectivity index (χ0n) is 11.4. The second-order valence-electron chi connectivity index (χ2n) is 5.85. The van der Waals surface area contributed by atoms with Crippen molar-refractivity contribution in [2.45, 2.75) is 40.2 Å². The molecule has 0 radical (unpaired) electrons. The molecule has 3 nitrogen and oxygen atoms in total. The molecule has 0 aromatic rings. The number of carbonyl (C=O) groups is 1. The summed E-state index contributed by atoms with van der Waals surface area (Å²) in [6.45, 7) is 11.4. The number of amides is 1. The molecular weight excluding hydrogens is 212 g/mol. The van der Waals surface area contributed by atoms with Crippen LogP contribution in [0.2, 0.25) is 0 Å². The monoisotopic (exact) mass is 236 g/mol. The minimum Gasteiger partial charge on any atom is -0.336 e. The van der Waals surface area contributed by atoms with Crippen LogP contribution >= 0.6 is 0 Å². The van der Waals surface area contributed by atoms with Crippen LogP contribution in [-0.4, -0.2) is 36.5 Å². The Morgan fingerprint density at radius 3 is 2.47 bits per heavy atom. The van der Waals surface area contributed by atoms with Crippen molar-refractivity contribution in [1.29, 1.82) is 0 Å². The number of piperidine rings is 1. The normalized spacial score (nSPS) is 33.3. The molecule has 0 aliphatic carbocycles. The number of nitrogens with one attached hydrogen (secondary N) is 1. The Labute approximate surface area is 104 Å². The lowest BCUT2D eigenvalue weighted by molar-refractivity contribution is -0.132. The molecule has 0 bridgehead atoms. The molecule has 96 valence electrons. The summed E-state index contributed by atoms with van der Waals surface area (Å²) >= 11 is 0. The highest BCUT2D eigenvalue weighted by Gasteiger charge is 2.33. The van der Waals surface area contributed by atoms with Crippen LogP contribution in [0, 0.1) is 11.8 Å². The summed E-state index contributed by atoms with van der Waals surface area (Å²) in [7, 11) is 0. The van der Waals surface area contributed by atoms with E-state index >= 15 is 0 Å². The molecule has 1 amide bonds. The van der Waals surface area contributed by atoms with Crippen LogP contribution in [0.4, 0.5) is 0 Å². The van der Waals surface area contributed by atoms with E-state index in [0.29, 0.717) is 17.9 Å². The maximum Gasteiger partial charge on any atom is 0.249 e. The van der Waals surface area contributed by atoms with Gasteiger partial charge >= 0.3 is 0 Å².